The van der Waals surface area contributed by atoms with Crippen molar-refractivity contribution in [2.75, 3.05) is 5.73 Å². The largest absolute Gasteiger partial charge is 0.474 e. The van der Waals surface area contributed by atoms with E-state index in [1.165, 1.54) is 17.7 Å². The summed E-state index contributed by atoms with van der Waals surface area (Å²) < 4.78 is 6.09. The Morgan fingerprint density at radius 2 is 2.00 bits per heavy atom. The first-order valence-electron chi connectivity index (χ1n) is 6.82. The van der Waals surface area contributed by atoms with Gasteiger partial charge in [-0.25, -0.2) is 4.98 Å². The van der Waals surface area contributed by atoms with Crippen molar-refractivity contribution in [3.8, 4) is 5.88 Å². The number of aryl methyl sites for hydroxylation is 1. The number of nitrogens with zero attached hydrogens (tertiary/aromatic N) is 2. The van der Waals surface area contributed by atoms with Crippen LogP contribution < -0.4 is 10.5 Å². The molecule has 5 heteroatoms. The zero-order valence-corrected chi connectivity index (χ0v) is 12.2. The number of ether oxygens (including phenoxy) is 1. The van der Waals surface area contributed by atoms with Crippen molar-refractivity contribution in [3.63, 3.8) is 0 Å². The number of thiophene rings is 1. The van der Waals surface area contributed by atoms with Crippen molar-refractivity contribution in [3.05, 3.63) is 10.9 Å². The second-order valence-corrected chi connectivity index (χ2v) is 6.70. The molecule has 2 heterocycles. The summed E-state index contributed by atoms with van der Waals surface area (Å²) in [6.07, 6.45) is 4.95. The maximum Gasteiger partial charge on any atom is 0.227 e. The molecule has 0 unspecified atom stereocenters. The molecule has 0 radical (unpaired) electrons. The lowest BCUT2D eigenvalue weighted by Crippen LogP contribution is -2.23. The van der Waals surface area contributed by atoms with E-state index in [4.69, 9.17) is 10.5 Å². The smallest absolute Gasteiger partial charge is 0.227 e. The lowest BCUT2D eigenvalue weighted by molar-refractivity contribution is 0.132. The molecule has 2 N–H and O–H groups in total. The molecule has 1 aliphatic rings. The molecule has 0 bridgehead atoms. The third-order valence-electron chi connectivity index (χ3n) is 3.74. The van der Waals surface area contributed by atoms with Crippen LogP contribution in [-0.4, -0.2) is 16.1 Å². The van der Waals surface area contributed by atoms with E-state index in [-0.39, 0.29) is 6.10 Å². The highest BCUT2D eigenvalue weighted by atomic mass is 32.1. The average Bonchev–Trinajstić information content (AvgIpc) is 2.72. The summed E-state index contributed by atoms with van der Waals surface area (Å²) in [5, 5.41) is 0.996. The van der Waals surface area contributed by atoms with Gasteiger partial charge in [-0.2, -0.15) is 4.98 Å². The SMILES string of the molecule is Cc1cc2c(OC3CCC(C)CC3)nc(N)nc2s1. The van der Waals surface area contributed by atoms with Gasteiger partial charge in [0.15, 0.2) is 0 Å². The molecule has 1 fully saturated rings. The first kappa shape index (κ1) is 12.7. The fourth-order valence-electron chi connectivity index (χ4n) is 2.63. The predicted molar refractivity (Wildman–Crippen MR) is 78.6 cm³/mol. The number of nitrogen functional groups attached to an aromatic ring is 1. The number of rotatable bonds is 2. The molecule has 3 rings (SSSR count). The van der Waals surface area contributed by atoms with E-state index in [0.717, 1.165) is 29.0 Å². The van der Waals surface area contributed by atoms with Crippen molar-refractivity contribution >= 4 is 27.5 Å². The highest BCUT2D eigenvalue weighted by Crippen LogP contribution is 2.33. The minimum Gasteiger partial charge on any atom is -0.474 e. The Balaban J connectivity index is 1.87. The van der Waals surface area contributed by atoms with Crippen LogP contribution in [0.15, 0.2) is 6.07 Å². The molecule has 1 aliphatic carbocycles. The zero-order valence-electron chi connectivity index (χ0n) is 11.3. The maximum absolute atomic E-state index is 6.09. The highest BCUT2D eigenvalue weighted by molar-refractivity contribution is 7.18. The van der Waals surface area contributed by atoms with Gasteiger partial charge < -0.3 is 10.5 Å². The number of fused-ring (bicyclic) bond motifs is 1. The molecule has 0 spiro atoms. The van der Waals surface area contributed by atoms with Crippen LogP contribution in [0.2, 0.25) is 0 Å². The molecule has 0 aromatic carbocycles. The van der Waals surface area contributed by atoms with Gasteiger partial charge in [-0.1, -0.05) is 6.92 Å². The van der Waals surface area contributed by atoms with Gasteiger partial charge in [-0.15, -0.1) is 11.3 Å². The first-order valence-corrected chi connectivity index (χ1v) is 7.64. The lowest BCUT2D eigenvalue weighted by atomic mass is 9.89. The molecular formula is C14H19N3OS. The van der Waals surface area contributed by atoms with Crippen LogP contribution in [0.5, 0.6) is 5.88 Å². The van der Waals surface area contributed by atoms with Gasteiger partial charge in [0.05, 0.1) is 5.39 Å². The van der Waals surface area contributed by atoms with Gasteiger partial charge >= 0.3 is 0 Å². The van der Waals surface area contributed by atoms with Gasteiger partial charge in [0.2, 0.25) is 11.8 Å². The van der Waals surface area contributed by atoms with Crippen molar-refractivity contribution in [2.24, 2.45) is 5.92 Å². The summed E-state index contributed by atoms with van der Waals surface area (Å²) in [6, 6.07) is 2.08. The summed E-state index contributed by atoms with van der Waals surface area (Å²) in [5.41, 5.74) is 5.77. The van der Waals surface area contributed by atoms with Gasteiger partial charge in [-0.3, -0.25) is 0 Å². The van der Waals surface area contributed by atoms with Gasteiger partial charge in [0.1, 0.15) is 10.9 Å². The third kappa shape index (κ3) is 2.66. The minimum atomic E-state index is 0.272. The molecule has 19 heavy (non-hydrogen) atoms. The van der Waals surface area contributed by atoms with Crippen LogP contribution >= 0.6 is 11.3 Å². The van der Waals surface area contributed by atoms with Crippen molar-refractivity contribution in [1.82, 2.24) is 9.97 Å². The van der Waals surface area contributed by atoms with Crippen LogP contribution in [-0.2, 0) is 0 Å². The minimum absolute atomic E-state index is 0.272. The van der Waals surface area contributed by atoms with Gasteiger partial charge in [0, 0.05) is 4.88 Å². The van der Waals surface area contributed by atoms with Crippen LogP contribution in [0.25, 0.3) is 10.2 Å². The Hall–Kier alpha value is -1.36. The molecule has 2 aromatic heterocycles. The number of anilines is 1. The van der Waals surface area contributed by atoms with Crippen LogP contribution in [0, 0.1) is 12.8 Å². The maximum atomic E-state index is 6.09. The van der Waals surface area contributed by atoms with Crippen LogP contribution in [0.4, 0.5) is 5.95 Å². The lowest BCUT2D eigenvalue weighted by Gasteiger charge is -2.26. The molecule has 0 amide bonds. The third-order valence-corrected chi connectivity index (χ3v) is 4.68. The number of hydrogen-bond donors (Lipinski definition) is 1. The molecule has 0 saturated heterocycles. The predicted octanol–water partition coefficient (Wildman–Crippen LogP) is 3.54. The first-order chi connectivity index (χ1) is 9.11. The highest BCUT2D eigenvalue weighted by Gasteiger charge is 2.21. The number of nitrogens with two attached hydrogens (primary N) is 1. The fourth-order valence-corrected chi connectivity index (χ4v) is 3.50. The normalized spacial score (nSPS) is 23.7. The van der Waals surface area contributed by atoms with Crippen molar-refractivity contribution < 1.29 is 4.74 Å². The Kier molecular flexibility index (Phi) is 3.31. The Labute approximate surface area is 117 Å². The van der Waals surface area contributed by atoms with E-state index in [1.54, 1.807) is 11.3 Å². The summed E-state index contributed by atoms with van der Waals surface area (Å²) in [6.45, 7) is 4.37. The van der Waals surface area contributed by atoms with Crippen molar-refractivity contribution in [2.45, 2.75) is 45.6 Å². The molecule has 0 aliphatic heterocycles. The molecule has 4 nitrogen and oxygen atoms in total. The second-order valence-electron chi connectivity index (χ2n) is 5.46. The summed E-state index contributed by atoms with van der Waals surface area (Å²) >= 11 is 1.63. The van der Waals surface area contributed by atoms with E-state index >= 15 is 0 Å². The van der Waals surface area contributed by atoms with Crippen molar-refractivity contribution in [1.29, 1.82) is 0 Å². The Morgan fingerprint density at radius 3 is 2.74 bits per heavy atom. The average molecular weight is 277 g/mol. The Morgan fingerprint density at radius 1 is 1.26 bits per heavy atom. The molecular weight excluding hydrogens is 258 g/mol. The van der Waals surface area contributed by atoms with E-state index < -0.39 is 0 Å². The monoisotopic (exact) mass is 277 g/mol. The van der Waals surface area contributed by atoms with Gasteiger partial charge in [-0.05, 0) is 44.6 Å². The summed E-state index contributed by atoms with van der Waals surface area (Å²) in [4.78, 5) is 10.7. The summed E-state index contributed by atoms with van der Waals surface area (Å²) in [5.74, 6) is 1.78. The van der Waals surface area contributed by atoms with Crippen LogP contribution in [0.1, 0.15) is 37.5 Å². The standard InChI is InChI=1S/C14H19N3OS/c1-8-3-5-10(6-4-8)18-12-11-7-9(2)19-13(11)17-14(15)16-12/h7-8,10H,3-6H2,1-2H3,(H2,15,16,17). The topological polar surface area (TPSA) is 61.0 Å². The van der Waals surface area contributed by atoms with E-state index in [0.29, 0.717) is 11.8 Å². The molecule has 0 atom stereocenters. The van der Waals surface area contributed by atoms with E-state index in [1.807, 2.05) is 0 Å². The van der Waals surface area contributed by atoms with Crippen LogP contribution in [0.3, 0.4) is 0 Å². The fraction of sp³-hybridized carbons (Fsp3) is 0.571. The molecule has 2 aromatic rings. The van der Waals surface area contributed by atoms with E-state index in [9.17, 15) is 0 Å². The number of aromatic nitrogens is 2. The van der Waals surface area contributed by atoms with Gasteiger partial charge in [0.25, 0.3) is 0 Å². The zero-order chi connectivity index (χ0) is 13.4. The quantitative estimate of drug-likeness (QED) is 0.912. The van der Waals surface area contributed by atoms with E-state index in [2.05, 4.69) is 29.9 Å². The summed E-state index contributed by atoms with van der Waals surface area (Å²) in [7, 11) is 0. The molecule has 102 valence electrons. The molecule has 1 saturated carbocycles. The second kappa shape index (κ2) is 4.96. The number of hydrogen-bond acceptors (Lipinski definition) is 5. The Bertz CT molecular complexity index is 588.